The van der Waals surface area contributed by atoms with Crippen molar-refractivity contribution < 1.29 is 88.9 Å². The predicted octanol–water partition coefficient (Wildman–Crippen LogP) is -2.80. The second-order valence-corrected chi connectivity index (χ2v) is 0.519. The normalized spacial score (nSPS) is 4.17. The third kappa shape index (κ3) is 37.7. The maximum absolute atomic E-state index is 9.00. The van der Waals surface area contributed by atoms with Crippen molar-refractivity contribution in [1.82, 2.24) is 0 Å². The molecular formula is C2H5KO2Zr. The van der Waals surface area contributed by atoms with E-state index in [2.05, 4.69) is 0 Å². The van der Waals surface area contributed by atoms with Crippen LogP contribution in [-0.2, 0) is 31.0 Å². The van der Waals surface area contributed by atoms with Crippen LogP contribution in [0.2, 0.25) is 0 Å². The van der Waals surface area contributed by atoms with E-state index in [9.17, 15) is 0 Å². The quantitative estimate of drug-likeness (QED) is 0.420. The van der Waals surface area contributed by atoms with E-state index in [1.54, 1.807) is 0 Å². The van der Waals surface area contributed by atoms with Gasteiger partial charge in [0.25, 0.3) is 5.97 Å². The van der Waals surface area contributed by atoms with Gasteiger partial charge in [0.2, 0.25) is 0 Å². The molecule has 0 saturated heterocycles. The Morgan fingerprint density at radius 2 is 1.83 bits per heavy atom. The van der Waals surface area contributed by atoms with E-state index < -0.39 is 5.97 Å². The molecule has 0 spiro atoms. The zero-order valence-electron chi connectivity index (χ0n) is 4.86. The summed E-state index contributed by atoms with van der Waals surface area (Å²) in [5.74, 6) is -0.833. The first-order chi connectivity index (χ1) is 1.73. The fraction of sp³-hybridized carbons (Fsp3) is 0.500. The molecule has 0 rings (SSSR count). The Bertz CT molecular complexity index is 38.7. The third-order valence-electron chi connectivity index (χ3n) is 0. The summed E-state index contributed by atoms with van der Waals surface area (Å²) in [4.78, 5) is 9.00. The number of aliphatic carboxylic acids is 1. The van der Waals surface area contributed by atoms with Crippen molar-refractivity contribution in [2.75, 3.05) is 0 Å². The molecule has 0 aliphatic heterocycles. The molecule has 0 radical (unpaired) electrons. The van der Waals surface area contributed by atoms with Crippen LogP contribution < -0.4 is 51.4 Å². The van der Waals surface area contributed by atoms with Crippen molar-refractivity contribution in [1.29, 1.82) is 0 Å². The SMILES string of the molecule is CC(=O)O.[H-].[K+].[Zr]. The smallest absolute Gasteiger partial charge is 1.00 e. The molecule has 0 saturated carbocycles. The third-order valence-corrected chi connectivity index (χ3v) is 0. The minimum absolute atomic E-state index is 0. The minimum atomic E-state index is -0.833. The van der Waals surface area contributed by atoms with E-state index in [4.69, 9.17) is 9.90 Å². The molecule has 0 heterocycles. The van der Waals surface area contributed by atoms with Crippen molar-refractivity contribution in [2.45, 2.75) is 6.92 Å². The molecule has 0 bridgehead atoms. The molecule has 0 fully saturated rings. The average Bonchev–Trinajstić information content (AvgIpc) is 0.811. The maximum Gasteiger partial charge on any atom is 1.00 e. The number of rotatable bonds is 0. The fourth-order valence-electron chi connectivity index (χ4n) is 0. The Labute approximate surface area is 99.7 Å². The van der Waals surface area contributed by atoms with E-state index in [0.29, 0.717) is 0 Å². The van der Waals surface area contributed by atoms with Gasteiger partial charge in [-0.3, -0.25) is 4.79 Å². The van der Waals surface area contributed by atoms with Crippen LogP contribution in [0, 0.1) is 0 Å². The van der Waals surface area contributed by atoms with Gasteiger partial charge in [-0.15, -0.1) is 0 Å². The van der Waals surface area contributed by atoms with Gasteiger partial charge in [0.15, 0.2) is 0 Å². The van der Waals surface area contributed by atoms with Gasteiger partial charge in [0, 0.05) is 33.1 Å². The summed E-state index contributed by atoms with van der Waals surface area (Å²) >= 11 is 0. The molecule has 2 nitrogen and oxygen atoms in total. The van der Waals surface area contributed by atoms with Crippen LogP contribution in [0.25, 0.3) is 0 Å². The number of hydrogen-bond donors (Lipinski definition) is 1. The summed E-state index contributed by atoms with van der Waals surface area (Å²) in [6.07, 6.45) is 0. The van der Waals surface area contributed by atoms with Crippen LogP contribution in [-0.4, -0.2) is 11.1 Å². The van der Waals surface area contributed by atoms with Crippen LogP contribution in [0.3, 0.4) is 0 Å². The van der Waals surface area contributed by atoms with Gasteiger partial charge in [0.1, 0.15) is 0 Å². The zero-order valence-corrected chi connectivity index (χ0v) is 9.44. The Kier molecular flexibility index (Phi) is 26.3. The second-order valence-electron chi connectivity index (χ2n) is 0.519. The van der Waals surface area contributed by atoms with E-state index in [1.165, 1.54) is 0 Å². The van der Waals surface area contributed by atoms with Gasteiger partial charge >= 0.3 is 51.4 Å². The number of carboxylic acid groups (broad SMARTS) is 1. The van der Waals surface area contributed by atoms with Gasteiger partial charge < -0.3 is 6.53 Å². The second kappa shape index (κ2) is 10.1. The molecule has 0 aliphatic rings. The van der Waals surface area contributed by atoms with Gasteiger partial charge in [-0.1, -0.05) is 0 Å². The summed E-state index contributed by atoms with van der Waals surface area (Å²) in [6.45, 7) is 1.08. The van der Waals surface area contributed by atoms with Gasteiger partial charge in [-0.25, -0.2) is 0 Å². The predicted molar refractivity (Wildman–Crippen MR) is 14.4 cm³/mol. The van der Waals surface area contributed by atoms with E-state index >= 15 is 0 Å². The monoisotopic (exact) mass is 190 g/mol. The molecule has 0 atom stereocenters. The van der Waals surface area contributed by atoms with E-state index in [-0.39, 0.29) is 79.0 Å². The maximum atomic E-state index is 9.00. The average molecular weight is 191 g/mol. The first kappa shape index (κ1) is 15.7. The Balaban J connectivity index is -0.0000000150. The van der Waals surface area contributed by atoms with Gasteiger partial charge in [0.05, 0.1) is 0 Å². The van der Waals surface area contributed by atoms with Crippen LogP contribution >= 0.6 is 0 Å². The van der Waals surface area contributed by atoms with Crippen molar-refractivity contribution in [2.24, 2.45) is 0 Å². The van der Waals surface area contributed by atoms with Crippen LogP contribution in [0.1, 0.15) is 8.35 Å². The molecular weight excluding hydrogens is 186 g/mol. The fourth-order valence-corrected chi connectivity index (χ4v) is 0. The van der Waals surface area contributed by atoms with Crippen molar-refractivity contribution in [3.63, 3.8) is 0 Å². The van der Waals surface area contributed by atoms with Gasteiger partial charge in [-0.05, 0) is 0 Å². The molecule has 4 heteroatoms. The summed E-state index contributed by atoms with van der Waals surface area (Å²) in [6, 6.07) is 0. The largest absolute Gasteiger partial charge is 1.00 e. The molecule has 0 aromatic rings. The molecule has 30 valence electrons. The minimum Gasteiger partial charge on any atom is -1.00 e. The molecule has 6 heavy (non-hydrogen) atoms. The first-order valence-electron chi connectivity index (χ1n) is 0.928. The Hall–Kier alpha value is 1.99. The molecule has 1 N–H and O–H groups in total. The van der Waals surface area contributed by atoms with Crippen LogP contribution in [0.4, 0.5) is 0 Å². The van der Waals surface area contributed by atoms with Crippen molar-refractivity contribution in [3.8, 4) is 0 Å². The number of carboxylic acids is 1. The standard InChI is InChI=1S/C2H4O2.K.Zr.H/c1-2(3)4;;;/h1H3,(H,3,4);;;/q;+1;;-1. The first-order valence-corrected chi connectivity index (χ1v) is 0.928. The molecule has 0 aliphatic carbocycles. The molecule has 0 aromatic carbocycles. The summed E-state index contributed by atoms with van der Waals surface area (Å²) < 4.78 is 0. The van der Waals surface area contributed by atoms with Crippen LogP contribution in [0.5, 0.6) is 0 Å². The summed E-state index contributed by atoms with van der Waals surface area (Å²) in [7, 11) is 0. The Morgan fingerprint density at radius 3 is 1.83 bits per heavy atom. The van der Waals surface area contributed by atoms with E-state index in [0.717, 1.165) is 6.92 Å². The summed E-state index contributed by atoms with van der Waals surface area (Å²) in [5.41, 5.74) is 0. The van der Waals surface area contributed by atoms with Crippen molar-refractivity contribution in [3.05, 3.63) is 0 Å². The zero-order chi connectivity index (χ0) is 3.58. The topological polar surface area (TPSA) is 37.3 Å². The summed E-state index contributed by atoms with van der Waals surface area (Å²) in [5, 5.41) is 7.42. The van der Waals surface area contributed by atoms with Gasteiger partial charge in [-0.2, -0.15) is 0 Å². The number of carbonyl (C=O) groups is 1. The van der Waals surface area contributed by atoms with Crippen molar-refractivity contribution >= 4 is 5.97 Å². The van der Waals surface area contributed by atoms with Crippen LogP contribution in [0.15, 0.2) is 0 Å². The Morgan fingerprint density at radius 1 is 1.83 bits per heavy atom. The number of hydrogen-bond acceptors (Lipinski definition) is 1. The van der Waals surface area contributed by atoms with E-state index in [1.807, 2.05) is 0 Å². The molecule has 0 aromatic heterocycles. The molecule has 0 unspecified atom stereocenters. The molecule has 0 amide bonds.